The molecule has 1 aromatic carbocycles. The molecule has 0 radical (unpaired) electrons. The number of nitrogens with zero attached hydrogens (tertiary/aromatic N) is 2. The van der Waals surface area contributed by atoms with Crippen LogP contribution in [-0.2, 0) is 6.54 Å². The Bertz CT molecular complexity index is 445. The lowest BCUT2D eigenvalue weighted by molar-refractivity contribution is 0.112. The van der Waals surface area contributed by atoms with Crippen molar-refractivity contribution in [3.05, 3.63) is 30.0 Å². The van der Waals surface area contributed by atoms with E-state index in [1.54, 1.807) is 6.20 Å². The number of hydrogen-bond acceptors (Lipinski definition) is 2. The Kier molecular flexibility index (Phi) is 1.85. The Morgan fingerprint density at radius 3 is 3.08 bits per heavy atom. The van der Waals surface area contributed by atoms with Crippen molar-refractivity contribution < 1.29 is 4.79 Å². The molecule has 0 unspecified atom stereocenters. The van der Waals surface area contributed by atoms with Gasteiger partial charge in [-0.05, 0) is 13.0 Å². The maximum absolute atomic E-state index is 10.7. The monoisotopic (exact) mass is 174 g/mol. The molecule has 66 valence electrons. The summed E-state index contributed by atoms with van der Waals surface area (Å²) in [4.78, 5) is 10.7. The van der Waals surface area contributed by atoms with Crippen molar-refractivity contribution in [2.75, 3.05) is 0 Å². The van der Waals surface area contributed by atoms with Crippen molar-refractivity contribution in [1.29, 1.82) is 0 Å². The van der Waals surface area contributed by atoms with Crippen LogP contribution in [0.4, 0.5) is 0 Å². The molecule has 0 atom stereocenters. The van der Waals surface area contributed by atoms with Gasteiger partial charge < -0.3 is 0 Å². The lowest BCUT2D eigenvalue weighted by Gasteiger charge is -1.99. The fraction of sp³-hybridized carbons (Fsp3) is 0.200. The van der Waals surface area contributed by atoms with Crippen molar-refractivity contribution in [2.45, 2.75) is 13.5 Å². The first-order valence-electron chi connectivity index (χ1n) is 4.26. The molecule has 0 saturated heterocycles. The molecule has 0 aliphatic heterocycles. The van der Waals surface area contributed by atoms with Crippen LogP contribution in [0, 0.1) is 0 Å². The van der Waals surface area contributed by atoms with Gasteiger partial charge in [0.1, 0.15) is 0 Å². The van der Waals surface area contributed by atoms with E-state index in [2.05, 4.69) is 5.10 Å². The first kappa shape index (κ1) is 7.98. The third-order valence-corrected chi connectivity index (χ3v) is 2.12. The summed E-state index contributed by atoms with van der Waals surface area (Å²) in [5, 5.41) is 5.20. The van der Waals surface area contributed by atoms with Crippen LogP contribution in [0.15, 0.2) is 24.4 Å². The van der Waals surface area contributed by atoms with E-state index in [4.69, 9.17) is 0 Å². The molecule has 0 N–H and O–H groups in total. The summed E-state index contributed by atoms with van der Waals surface area (Å²) in [6, 6.07) is 5.64. The third-order valence-electron chi connectivity index (χ3n) is 2.12. The highest BCUT2D eigenvalue weighted by atomic mass is 16.1. The second-order valence-electron chi connectivity index (χ2n) is 2.86. The average molecular weight is 174 g/mol. The largest absolute Gasteiger partial charge is 0.298 e. The molecule has 1 aromatic heterocycles. The quantitative estimate of drug-likeness (QED) is 0.651. The SMILES string of the molecule is CCn1ncc2cccc(C=O)c21. The van der Waals surface area contributed by atoms with Gasteiger partial charge in [0.25, 0.3) is 0 Å². The van der Waals surface area contributed by atoms with Gasteiger partial charge in [-0.15, -0.1) is 0 Å². The van der Waals surface area contributed by atoms with Crippen LogP contribution >= 0.6 is 0 Å². The zero-order chi connectivity index (χ0) is 9.26. The molecule has 0 bridgehead atoms. The molecule has 0 amide bonds. The van der Waals surface area contributed by atoms with Gasteiger partial charge in [0.05, 0.1) is 11.7 Å². The summed E-state index contributed by atoms with van der Waals surface area (Å²) in [6.45, 7) is 2.79. The number of fused-ring (bicyclic) bond motifs is 1. The molecule has 1 heterocycles. The summed E-state index contributed by atoms with van der Waals surface area (Å²) < 4.78 is 1.83. The van der Waals surface area contributed by atoms with E-state index in [1.165, 1.54) is 0 Å². The van der Waals surface area contributed by atoms with Crippen molar-refractivity contribution in [3.8, 4) is 0 Å². The normalized spacial score (nSPS) is 10.5. The van der Waals surface area contributed by atoms with Crippen molar-refractivity contribution in [3.63, 3.8) is 0 Å². The number of benzene rings is 1. The molecule has 3 heteroatoms. The minimum atomic E-state index is 0.705. The molecule has 0 aliphatic carbocycles. The Balaban J connectivity index is 2.83. The van der Waals surface area contributed by atoms with E-state index in [0.29, 0.717) is 5.56 Å². The van der Waals surface area contributed by atoms with Crippen molar-refractivity contribution >= 4 is 17.2 Å². The molecule has 0 spiro atoms. The van der Waals surface area contributed by atoms with Gasteiger partial charge in [-0.3, -0.25) is 9.48 Å². The minimum Gasteiger partial charge on any atom is -0.298 e. The van der Waals surface area contributed by atoms with Gasteiger partial charge in [0.15, 0.2) is 6.29 Å². The third kappa shape index (κ3) is 1.13. The second-order valence-corrected chi connectivity index (χ2v) is 2.86. The molecule has 2 rings (SSSR count). The Hall–Kier alpha value is -1.64. The van der Waals surface area contributed by atoms with Crippen molar-refractivity contribution in [1.82, 2.24) is 9.78 Å². The first-order chi connectivity index (χ1) is 6.36. The topological polar surface area (TPSA) is 34.9 Å². The van der Waals surface area contributed by atoms with Gasteiger partial charge >= 0.3 is 0 Å². The van der Waals surface area contributed by atoms with E-state index < -0.39 is 0 Å². The van der Waals surface area contributed by atoms with Crippen LogP contribution in [0.3, 0.4) is 0 Å². The van der Waals surface area contributed by atoms with E-state index in [1.807, 2.05) is 29.8 Å². The standard InChI is InChI=1S/C10H10N2O/c1-2-12-10-8(6-11-12)4-3-5-9(10)7-13/h3-7H,2H2,1H3. The molecule has 13 heavy (non-hydrogen) atoms. The van der Waals surface area contributed by atoms with Crippen LogP contribution < -0.4 is 0 Å². The molecular formula is C10H10N2O. The minimum absolute atomic E-state index is 0.705. The number of hydrogen-bond donors (Lipinski definition) is 0. The number of carbonyl (C=O) groups excluding carboxylic acids is 1. The van der Waals surface area contributed by atoms with Crippen LogP contribution in [0.5, 0.6) is 0 Å². The zero-order valence-corrected chi connectivity index (χ0v) is 7.40. The summed E-state index contributed by atoms with van der Waals surface area (Å²) >= 11 is 0. The molecule has 3 nitrogen and oxygen atoms in total. The van der Waals surface area contributed by atoms with E-state index in [9.17, 15) is 4.79 Å². The van der Waals surface area contributed by atoms with Gasteiger partial charge in [-0.2, -0.15) is 5.10 Å². The highest BCUT2D eigenvalue weighted by Crippen LogP contribution is 2.16. The molecule has 0 saturated carbocycles. The highest BCUT2D eigenvalue weighted by Gasteiger charge is 2.04. The maximum atomic E-state index is 10.7. The van der Waals surface area contributed by atoms with Gasteiger partial charge in [-0.1, -0.05) is 12.1 Å². The van der Waals surface area contributed by atoms with Gasteiger partial charge in [0.2, 0.25) is 0 Å². The lowest BCUT2D eigenvalue weighted by Crippen LogP contribution is -1.97. The first-order valence-corrected chi connectivity index (χ1v) is 4.26. The maximum Gasteiger partial charge on any atom is 0.152 e. The average Bonchev–Trinajstić information content (AvgIpc) is 2.60. The number of aryl methyl sites for hydroxylation is 1. The number of aromatic nitrogens is 2. The number of rotatable bonds is 2. The van der Waals surface area contributed by atoms with Crippen LogP contribution in [-0.4, -0.2) is 16.1 Å². The highest BCUT2D eigenvalue weighted by molar-refractivity contribution is 5.95. The smallest absolute Gasteiger partial charge is 0.152 e. The van der Waals surface area contributed by atoms with E-state index >= 15 is 0 Å². The number of aldehydes is 1. The van der Waals surface area contributed by atoms with Gasteiger partial charge in [0, 0.05) is 17.5 Å². The fourth-order valence-corrected chi connectivity index (χ4v) is 1.51. The second kappa shape index (κ2) is 3.01. The Morgan fingerprint density at radius 2 is 2.38 bits per heavy atom. The van der Waals surface area contributed by atoms with E-state index in [0.717, 1.165) is 23.7 Å². The van der Waals surface area contributed by atoms with Gasteiger partial charge in [-0.25, -0.2) is 0 Å². The van der Waals surface area contributed by atoms with Crippen LogP contribution in [0.1, 0.15) is 17.3 Å². The summed E-state index contributed by atoms with van der Waals surface area (Å²) in [7, 11) is 0. The lowest BCUT2D eigenvalue weighted by atomic mass is 10.1. The van der Waals surface area contributed by atoms with E-state index in [-0.39, 0.29) is 0 Å². The number of para-hydroxylation sites is 1. The summed E-state index contributed by atoms with van der Waals surface area (Å²) in [5.41, 5.74) is 1.64. The number of carbonyl (C=O) groups is 1. The van der Waals surface area contributed by atoms with Crippen molar-refractivity contribution in [2.24, 2.45) is 0 Å². The predicted molar refractivity (Wildman–Crippen MR) is 50.8 cm³/mol. The molecule has 0 fully saturated rings. The molecule has 2 aromatic rings. The summed E-state index contributed by atoms with van der Waals surface area (Å²) in [5.74, 6) is 0. The fourth-order valence-electron chi connectivity index (χ4n) is 1.51. The Labute approximate surface area is 76.0 Å². The predicted octanol–water partition coefficient (Wildman–Crippen LogP) is 1.87. The van der Waals surface area contributed by atoms with Crippen LogP contribution in [0.2, 0.25) is 0 Å². The Morgan fingerprint density at radius 1 is 1.54 bits per heavy atom. The molecular weight excluding hydrogens is 164 g/mol. The van der Waals surface area contributed by atoms with Crippen LogP contribution in [0.25, 0.3) is 10.9 Å². The molecule has 0 aliphatic rings. The summed E-state index contributed by atoms with van der Waals surface area (Å²) in [6.07, 6.45) is 2.65. The zero-order valence-electron chi connectivity index (χ0n) is 7.40.